The van der Waals surface area contributed by atoms with Crippen molar-refractivity contribution in [2.45, 2.75) is 51.7 Å². The number of pyridine rings is 1. The summed E-state index contributed by atoms with van der Waals surface area (Å²) in [7, 11) is 0. The number of hydrogen-bond acceptors (Lipinski definition) is 5. The van der Waals surface area contributed by atoms with Gasteiger partial charge in [0.05, 0.1) is 18.2 Å². The number of amides is 1. The second-order valence-electron chi connectivity index (χ2n) is 10.3. The Morgan fingerprint density at radius 1 is 1.22 bits per heavy atom. The Hall–Kier alpha value is -3.22. The molecule has 1 aliphatic heterocycles. The van der Waals surface area contributed by atoms with Crippen LogP contribution >= 0.6 is 0 Å². The first-order valence-electron chi connectivity index (χ1n) is 13.0. The fraction of sp³-hybridized carbons (Fsp3) is 0.483. The Labute approximate surface area is 211 Å². The maximum atomic E-state index is 13.6. The predicted molar refractivity (Wildman–Crippen MR) is 134 cm³/mol. The van der Waals surface area contributed by atoms with Crippen molar-refractivity contribution in [2.24, 2.45) is 29.6 Å². The van der Waals surface area contributed by atoms with Crippen LogP contribution in [-0.4, -0.2) is 35.8 Å². The Morgan fingerprint density at radius 2 is 2.08 bits per heavy atom. The highest BCUT2D eigenvalue weighted by atomic mass is 19.1. The molecule has 5 rings (SSSR count). The van der Waals surface area contributed by atoms with Crippen LogP contribution in [-0.2, 0) is 14.3 Å². The highest BCUT2D eigenvalue weighted by Crippen LogP contribution is 2.53. The molecule has 2 aliphatic carbocycles. The Morgan fingerprint density at radius 3 is 2.83 bits per heavy atom. The molecule has 0 bridgehead atoms. The van der Waals surface area contributed by atoms with Gasteiger partial charge in [-0.1, -0.05) is 24.3 Å². The number of aromatic nitrogens is 1. The maximum Gasteiger partial charge on any atom is 0.407 e. The van der Waals surface area contributed by atoms with Crippen LogP contribution in [0.4, 0.5) is 9.18 Å². The van der Waals surface area contributed by atoms with Crippen LogP contribution in [0, 0.1) is 35.4 Å². The van der Waals surface area contributed by atoms with Gasteiger partial charge in [-0.2, -0.15) is 0 Å². The van der Waals surface area contributed by atoms with E-state index in [1.165, 1.54) is 12.1 Å². The van der Waals surface area contributed by atoms with Gasteiger partial charge in [0.2, 0.25) is 0 Å². The van der Waals surface area contributed by atoms with E-state index in [4.69, 9.17) is 9.47 Å². The summed E-state index contributed by atoms with van der Waals surface area (Å²) >= 11 is 0. The molecule has 3 fully saturated rings. The molecule has 3 aliphatic rings. The number of cyclic esters (lactones) is 1. The van der Waals surface area contributed by atoms with E-state index in [-0.39, 0.29) is 47.8 Å². The second kappa shape index (κ2) is 10.4. The van der Waals surface area contributed by atoms with Crippen molar-refractivity contribution in [3.63, 3.8) is 0 Å². The molecule has 0 radical (unpaired) electrons. The summed E-state index contributed by atoms with van der Waals surface area (Å²) in [6.07, 6.45) is 9.07. The van der Waals surface area contributed by atoms with Gasteiger partial charge in [0.25, 0.3) is 0 Å². The average molecular weight is 493 g/mol. The fourth-order valence-corrected chi connectivity index (χ4v) is 6.64. The van der Waals surface area contributed by atoms with Crippen molar-refractivity contribution < 1.29 is 23.5 Å². The smallest absolute Gasteiger partial charge is 0.407 e. The van der Waals surface area contributed by atoms with Crippen molar-refractivity contribution in [2.75, 3.05) is 6.61 Å². The maximum absolute atomic E-state index is 13.6. The number of allylic oxidation sites excluding steroid dienone is 1. The quantitative estimate of drug-likeness (QED) is 0.548. The number of rotatable bonds is 5. The van der Waals surface area contributed by atoms with Gasteiger partial charge in [-0.25, -0.2) is 9.18 Å². The van der Waals surface area contributed by atoms with Gasteiger partial charge in [0.15, 0.2) is 0 Å². The summed E-state index contributed by atoms with van der Waals surface area (Å²) in [5.41, 5.74) is 2.48. The first kappa shape index (κ1) is 24.5. The van der Waals surface area contributed by atoms with Crippen LogP contribution in [0.3, 0.4) is 0 Å². The summed E-state index contributed by atoms with van der Waals surface area (Å²) in [6.45, 7) is 4.15. The van der Waals surface area contributed by atoms with E-state index in [1.807, 2.05) is 31.2 Å². The minimum atomic E-state index is -0.368. The number of carbonyl (C=O) groups is 2. The van der Waals surface area contributed by atoms with Gasteiger partial charge < -0.3 is 14.8 Å². The van der Waals surface area contributed by atoms with Crippen LogP contribution < -0.4 is 5.32 Å². The molecule has 0 spiro atoms. The predicted octanol–water partition coefficient (Wildman–Crippen LogP) is 5.63. The molecular formula is C29H33FN2O4. The molecule has 1 aromatic heterocycles. The molecular weight excluding hydrogens is 459 g/mol. The van der Waals surface area contributed by atoms with Crippen molar-refractivity contribution in [3.05, 3.63) is 60.2 Å². The number of hydrogen-bond donors (Lipinski definition) is 1. The zero-order valence-corrected chi connectivity index (χ0v) is 20.7. The van der Waals surface area contributed by atoms with Gasteiger partial charge in [-0.3, -0.25) is 9.78 Å². The van der Waals surface area contributed by atoms with Crippen molar-refractivity contribution in [1.29, 1.82) is 0 Å². The highest BCUT2D eigenvalue weighted by molar-refractivity contribution is 5.75. The minimum absolute atomic E-state index is 0.0679. The third-order valence-electron chi connectivity index (χ3n) is 8.18. The average Bonchev–Trinajstić information content (AvgIpc) is 3.15. The van der Waals surface area contributed by atoms with Gasteiger partial charge in [-0.05, 0) is 87.1 Å². The molecule has 1 aromatic carbocycles. The third kappa shape index (κ3) is 5.01. The molecule has 2 saturated carbocycles. The molecule has 1 amide bonds. The number of alkyl carbamates (subject to hydrolysis) is 1. The lowest BCUT2D eigenvalue weighted by Crippen LogP contribution is -2.48. The van der Waals surface area contributed by atoms with E-state index in [0.717, 1.165) is 42.5 Å². The minimum Gasteiger partial charge on any atom is -0.462 e. The number of halogens is 1. The van der Waals surface area contributed by atoms with Crippen LogP contribution in [0.1, 0.15) is 45.2 Å². The van der Waals surface area contributed by atoms with E-state index in [1.54, 1.807) is 19.2 Å². The lowest BCUT2D eigenvalue weighted by atomic mass is 9.57. The van der Waals surface area contributed by atoms with Crippen molar-refractivity contribution in [3.8, 4) is 11.1 Å². The first-order valence-corrected chi connectivity index (χ1v) is 13.0. The summed E-state index contributed by atoms with van der Waals surface area (Å²) in [5.74, 6) is 0.629. The van der Waals surface area contributed by atoms with E-state index in [2.05, 4.69) is 16.4 Å². The highest BCUT2D eigenvalue weighted by Gasteiger charge is 2.54. The molecule has 36 heavy (non-hydrogen) atoms. The molecule has 6 nitrogen and oxygen atoms in total. The summed E-state index contributed by atoms with van der Waals surface area (Å²) in [6, 6.07) is 10.4. The second-order valence-corrected chi connectivity index (χ2v) is 10.3. The van der Waals surface area contributed by atoms with Crippen molar-refractivity contribution in [1.82, 2.24) is 10.3 Å². The Bertz CT molecular complexity index is 1130. The third-order valence-corrected chi connectivity index (χ3v) is 8.18. The summed E-state index contributed by atoms with van der Waals surface area (Å²) in [5, 5.41) is 3.00. The number of nitrogens with one attached hydrogen (secondary N) is 1. The van der Waals surface area contributed by atoms with Crippen LogP contribution in [0.15, 0.2) is 48.7 Å². The number of benzene rings is 1. The van der Waals surface area contributed by atoms with Gasteiger partial charge in [0, 0.05) is 23.7 Å². The lowest BCUT2D eigenvalue weighted by molar-refractivity contribution is -0.144. The number of ether oxygens (including phenoxy) is 2. The number of nitrogens with zero attached hydrogens (tertiary/aromatic N) is 1. The van der Waals surface area contributed by atoms with Gasteiger partial charge in [0.1, 0.15) is 11.9 Å². The Balaban J connectivity index is 1.34. The monoisotopic (exact) mass is 492 g/mol. The number of fused-ring (bicyclic) bond motifs is 2. The zero-order valence-electron chi connectivity index (χ0n) is 20.7. The molecule has 1 N–H and O–H groups in total. The lowest BCUT2D eigenvalue weighted by Gasteiger charge is -2.47. The Kier molecular flexibility index (Phi) is 7.08. The molecule has 7 atom stereocenters. The summed E-state index contributed by atoms with van der Waals surface area (Å²) in [4.78, 5) is 29.2. The van der Waals surface area contributed by atoms with Crippen LogP contribution in [0.5, 0.6) is 0 Å². The van der Waals surface area contributed by atoms with Gasteiger partial charge >= 0.3 is 12.1 Å². The van der Waals surface area contributed by atoms with E-state index >= 15 is 0 Å². The van der Waals surface area contributed by atoms with Crippen LogP contribution in [0.2, 0.25) is 0 Å². The first-order chi connectivity index (χ1) is 17.4. The standard InChI is InChI=1S/C29H33FN2O4/c1-3-35-29(34)32-23-10-11-24-20(14-23)15-26-27(17(2)36-28(26)33)25(24)12-9-22-8-7-19(16-31-22)18-5-4-6-21(30)13-18/h4-9,12-13,16-17,20,23-27H,3,10-11,14-15H2,1-2H3,(H,32,34)/t17-,20+,23-,24+,25-,26-,27+/m0/s1. The number of esters is 1. The molecule has 190 valence electrons. The van der Waals surface area contributed by atoms with E-state index < -0.39 is 0 Å². The largest absolute Gasteiger partial charge is 0.462 e. The van der Waals surface area contributed by atoms with Gasteiger partial charge in [-0.15, -0.1) is 0 Å². The SMILES string of the molecule is CCOC(=O)N[C@H]1CC[C@@H]2[C@H](C1)C[C@@H]1C(=O)O[C@@H](C)[C@@H]1[C@H]2C=Cc1ccc(-c2cccc(F)c2)cn1. The van der Waals surface area contributed by atoms with Crippen molar-refractivity contribution >= 4 is 18.1 Å². The molecule has 2 heterocycles. The topological polar surface area (TPSA) is 77.5 Å². The van der Waals surface area contributed by atoms with E-state index in [0.29, 0.717) is 18.4 Å². The normalized spacial score (nSPS) is 31.4. The zero-order chi connectivity index (χ0) is 25.2. The molecule has 2 aromatic rings. The molecule has 1 saturated heterocycles. The summed E-state index contributed by atoms with van der Waals surface area (Å²) < 4.78 is 24.3. The molecule has 7 heteroatoms. The van der Waals surface area contributed by atoms with E-state index in [9.17, 15) is 14.0 Å². The number of carbonyl (C=O) groups excluding carboxylic acids is 2. The van der Waals surface area contributed by atoms with Crippen LogP contribution in [0.25, 0.3) is 17.2 Å². The fourth-order valence-electron chi connectivity index (χ4n) is 6.64. The molecule has 0 unspecified atom stereocenters.